The summed E-state index contributed by atoms with van der Waals surface area (Å²) in [5.74, 6) is -0.447. The van der Waals surface area contributed by atoms with E-state index in [2.05, 4.69) is 10.6 Å². The Bertz CT molecular complexity index is 638. The van der Waals surface area contributed by atoms with Gasteiger partial charge in [-0.1, -0.05) is 12.1 Å². The highest BCUT2D eigenvalue weighted by atomic mass is 32.1. The van der Waals surface area contributed by atoms with Crippen LogP contribution in [0.4, 0.5) is 11.4 Å². The number of thiocarbonyl (C=S) groups is 1. The second-order valence-electron chi connectivity index (χ2n) is 4.39. The topological polar surface area (TPSA) is 67.2 Å². The molecule has 1 amide bonds. The lowest BCUT2D eigenvalue weighted by atomic mass is 10.2. The number of nitrogens with two attached hydrogens (primary N) is 1. The summed E-state index contributed by atoms with van der Waals surface area (Å²) >= 11 is 5.23. The van der Waals surface area contributed by atoms with Crippen LogP contribution in [0.3, 0.4) is 0 Å². The van der Waals surface area contributed by atoms with Crippen molar-refractivity contribution in [1.82, 2.24) is 0 Å². The number of hydrogen-bond acceptors (Lipinski definition) is 2. The van der Waals surface area contributed by atoms with Crippen LogP contribution in [-0.4, -0.2) is 11.0 Å². The molecular weight excluding hydrogens is 270 g/mol. The fourth-order valence-corrected chi connectivity index (χ4v) is 1.97. The molecule has 0 saturated carbocycles. The van der Waals surface area contributed by atoms with Crippen LogP contribution >= 0.6 is 12.2 Å². The molecule has 20 heavy (non-hydrogen) atoms. The normalized spacial score (nSPS) is 9.85. The van der Waals surface area contributed by atoms with Gasteiger partial charge in [0.1, 0.15) is 0 Å². The molecule has 0 radical (unpaired) electrons. The summed E-state index contributed by atoms with van der Waals surface area (Å²) in [7, 11) is 0. The molecule has 4 N–H and O–H groups in total. The van der Waals surface area contributed by atoms with Gasteiger partial charge in [-0.3, -0.25) is 4.79 Å². The van der Waals surface area contributed by atoms with Crippen molar-refractivity contribution in [3.8, 4) is 0 Å². The predicted octanol–water partition coefficient (Wildman–Crippen LogP) is 2.90. The lowest BCUT2D eigenvalue weighted by Crippen LogP contribution is -2.19. The van der Waals surface area contributed by atoms with Crippen molar-refractivity contribution in [2.75, 3.05) is 10.6 Å². The van der Waals surface area contributed by atoms with Crippen LogP contribution in [0.5, 0.6) is 0 Å². The van der Waals surface area contributed by atoms with E-state index in [4.69, 9.17) is 18.0 Å². The molecule has 4 nitrogen and oxygen atoms in total. The molecule has 0 bridgehead atoms. The second kappa shape index (κ2) is 6.16. The molecule has 0 atom stereocenters. The van der Waals surface area contributed by atoms with E-state index in [0.717, 1.165) is 16.9 Å². The summed E-state index contributed by atoms with van der Waals surface area (Å²) in [6.45, 7) is 2.02. The Morgan fingerprint density at radius 1 is 1.05 bits per heavy atom. The number of carbonyl (C=O) groups is 1. The van der Waals surface area contributed by atoms with Crippen molar-refractivity contribution in [2.45, 2.75) is 6.92 Å². The molecule has 5 heteroatoms. The summed E-state index contributed by atoms with van der Waals surface area (Å²) in [5.41, 5.74) is 8.52. The van der Waals surface area contributed by atoms with Gasteiger partial charge in [0.05, 0.1) is 0 Å². The van der Waals surface area contributed by atoms with Crippen LogP contribution in [0.15, 0.2) is 48.5 Å². The zero-order chi connectivity index (χ0) is 14.5. The molecule has 0 spiro atoms. The van der Waals surface area contributed by atoms with Crippen molar-refractivity contribution in [3.05, 3.63) is 59.7 Å². The third-order valence-electron chi connectivity index (χ3n) is 2.70. The van der Waals surface area contributed by atoms with E-state index in [1.165, 1.54) is 0 Å². The van der Waals surface area contributed by atoms with Gasteiger partial charge < -0.3 is 16.4 Å². The van der Waals surface area contributed by atoms with E-state index < -0.39 is 5.91 Å². The highest BCUT2D eigenvalue weighted by Gasteiger charge is 2.02. The lowest BCUT2D eigenvalue weighted by Gasteiger charge is -2.11. The lowest BCUT2D eigenvalue weighted by molar-refractivity contribution is 0.100. The van der Waals surface area contributed by atoms with Gasteiger partial charge in [-0.25, -0.2) is 0 Å². The van der Waals surface area contributed by atoms with Crippen molar-refractivity contribution >= 4 is 34.6 Å². The Morgan fingerprint density at radius 3 is 2.30 bits per heavy atom. The Hall–Kier alpha value is -2.40. The number of hydrogen-bond donors (Lipinski definition) is 3. The predicted molar refractivity (Wildman–Crippen MR) is 86.0 cm³/mol. The number of aryl methyl sites for hydroxylation is 1. The number of rotatable bonds is 3. The van der Waals surface area contributed by atoms with Crippen molar-refractivity contribution in [1.29, 1.82) is 0 Å². The van der Waals surface area contributed by atoms with Gasteiger partial charge in [0, 0.05) is 16.9 Å². The standard InChI is InChI=1S/C15H15N3OS/c1-10-3-2-4-13(9-10)18-15(20)17-12-7-5-11(6-8-12)14(16)19/h2-9H,1H3,(H2,16,19)(H2,17,18,20). The molecular formula is C15H15N3OS. The zero-order valence-corrected chi connectivity index (χ0v) is 11.8. The fourth-order valence-electron chi connectivity index (χ4n) is 1.73. The van der Waals surface area contributed by atoms with Crippen molar-refractivity contribution in [3.63, 3.8) is 0 Å². The Labute approximate surface area is 123 Å². The van der Waals surface area contributed by atoms with E-state index in [1.54, 1.807) is 24.3 Å². The van der Waals surface area contributed by atoms with Crippen LogP contribution in [0.1, 0.15) is 15.9 Å². The average molecular weight is 285 g/mol. The number of benzene rings is 2. The molecule has 0 aliphatic heterocycles. The molecule has 0 aliphatic rings. The van der Waals surface area contributed by atoms with E-state index in [-0.39, 0.29) is 0 Å². The highest BCUT2D eigenvalue weighted by Crippen LogP contribution is 2.12. The molecule has 2 rings (SSSR count). The maximum Gasteiger partial charge on any atom is 0.248 e. The monoisotopic (exact) mass is 285 g/mol. The van der Waals surface area contributed by atoms with Gasteiger partial charge >= 0.3 is 0 Å². The van der Waals surface area contributed by atoms with Gasteiger partial charge in [0.15, 0.2) is 5.11 Å². The van der Waals surface area contributed by atoms with Crippen LogP contribution in [0.25, 0.3) is 0 Å². The summed E-state index contributed by atoms with van der Waals surface area (Å²) in [6, 6.07) is 14.7. The largest absolute Gasteiger partial charge is 0.366 e. The SMILES string of the molecule is Cc1cccc(NC(=S)Nc2ccc(C(N)=O)cc2)c1. The molecule has 0 heterocycles. The number of amides is 1. The van der Waals surface area contributed by atoms with Crippen LogP contribution in [0, 0.1) is 6.92 Å². The van der Waals surface area contributed by atoms with Gasteiger partial charge in [0.25, 0.3) is 0 Å². The molecule has 2 aromatic rings. The van der Waals surface area contributed by atoms with Gasteiger partial charge in [0.2, 0.25) is 5.91 Å². The maximum absolute atomic E-state index is 11.0. The third kappa shape index (κ3) is 3.80. The van der Waals surface area contributed by atoms with E-state index in [9.17, 15) is 4.79 Å². The maximum atomic E-state index is 11.0. The fraction of sp³-hybridized carbons (Fsp3) is 0.0667. The first kappa shape index (κ1) is 14.0. The van der Waals surface area contributed by atoms with Crippen LogP contribution < -0.4 is 16.4 Å². The molecule has 0 saturated heterocycles. The first-order valence-electron chi connectivity index (χ1n) is 6.09. The first-order valence-corrected chi connectivity index (χ1v) is 6.50. The third-order valence-corrected chi connectivity index (χ3v) is 2.91. The Balaban J connectivity index is 1.99. The molecule has 0 unspecified atom stereocenters. The second-order valence-corrected chi connectivity index (χ2v) is 4.80. The number of anilines is 2. The van der Waals surface area contributed by atoms with Crippen molar-refractivity contribution < 1.29 is 4.79 Å². The number of nitrogens with one attached hydrogen (secondary N) is 2. The molecule has 0 aliphatic carbocycles. The summed E-state index contributed by atoms with van der Waals surface area (Å²) in [4.78, 5) is 11.0. The van der Waals surface area contributed by atoms with Gasteiger partial charge in [-0.05, 0) is 61.1 Å². The first-order chi connectivity index (χ1) is 9.54. The number of primary amides is 1. The van der Waals surface area contributed by atoms with Gasteiger partial charge in [-0.15, -0.1) is 0 Å². The minimum Gasteiger partial charge on any atom is -0.366 e. The molecule has 2 aromatic carbocycles. The van der Waals surface area contributed by atoms with Crippen molar-refractivity contribution in [2.24, 2.45) is 5.73 Å². The Morgan fingerprint density at radius 2 is 1.70 bits per heavy atom. The smallest absolute Gasteiger partial charge is 0.248 e. The van der Waals surface area contributed by atoms with E-state index in [1.807, 2.05) is 31.2 Å². The quantitative estimate of drug-likeness (QED) is 0.759. The summed E-state index contributed by atoms with van der Waals surface area (Å²) in [5, 5.41) is 6.63. The van der Waals surface area contributed by atoms with E-state index in [0.29, 0.717) is 10.7 Å². The molecule has 102 valence electrons. The minimum atomic E-state index is -0.447. The molecule has 0 fully saturated rings. The molecule has 0 aromatic heterocycles. The number of carbonyl (C=O) groups excluding carboxylic acids is 1. The highest BCUT2D eigenvalue weighted by molar-refractivity contribution is 7.80. The minimum absolute atomic E-state index is 0.447. The summed E-state index contributed by atoms with van der Waals surface area (Å²) in [6.07, 6.45) is 0. The van der Waals surface area contributed by atoms with Gasteiger partial charge in [-0.2, -0.15) is 0 Å². The Kier molecular flexibility index (Phi) is 4.32. The van der Waals surface area contributed by atoms with Crippen LogP contribution in [0.2, 0.25) is 0 Å². The van der Waals surface area contributed by atoms with E-state index >= 15 is 0 Å². The van der Waals surface area contributed by atoms with Crippen LogP contribution in [-0.2, 0) is 0 Å². The zero-order valence-electron chi connectivity index (χ0n) is 11.0. The average Bonchev–Trinajstić information content (AvgIpc) is 2.39. The summed E-state index contributed by atoms with van der Waals surface area (Å²) < 4.78 is 0.